The van der Waals surface area contributed by atoms with E-state index < -0.39 is 48.8 Å². The summed E-state index contributed by atoms with van der Waals surface area (Å²) in [5.74, 6) is -5.33. The Kier molecular flexibility index (Phi) is 34.2. The van der Waals surface area contributed by atoms with Crippen LogP contribution in [0.3, 0.4) is 0 Å². The topological polar surface area (TPSA) is 233 Å². The maximum absolute atomic E-state index is 10.7. The minimum absolute atomic E-state index is 0. The van der Waals surface area contributed by atoms with E-state index in [0.717, 1.165) is 0 Å². The SMILES string of the molecule is NCCNC(O)(CC(=O)O)C(CC(=O)O)CC(=O)O.O.O.[H-].[H-].[H-].[Na+].[Na+].[Na+]. The zero-order valence-electron chi connectivity index (χ0n) is 17.2. The number of hydrogen-bond donors (Lipinski definition) is 6. The van der Waals surface area contributed by atoms with Crippen molar-refractivity contribution >= 4 is 17.9 Å². The molecule has 1 unspecified atom stereocenters. The standard InChI is InChI=1S/C10H18N2O7.3Na.2H2O.3H/c11-1-2-12-10(19,5-9(17)18)6(3-7(13)14)4-8(15)16;;;;;;;;/h6,12,19H,1-5,11H2,(H,13,14)(H,15,16)(H,17,18);;;;2*1H2;;;/q;3*+1;;;3*-1. The third-order valence-electron chi connectivity index (χ3n) is 2.51. The number of carbonyl (C=O) groups is 3. The molecule has 0 saturated carbocycles. The van der Waals surface area contributed by atoms with Gasteiger partial charge in [0.25, 0.3) is 0 Å². The molecule has 0 spiro atoms. The second-order valence-corrected chi connectivity index (χ2v) is 4.10. The second kappa shape index (κ2) is 20.5. The Hall–Kier alpha value is 1.21. The van der Waals surface area contributed by atoms with Crippen LogP contribution in [0.1, 0.15) is 23.5 Å². The van der Waals surface area contributed by atoms with E-state index >= 15 is 0 Å². The first-order valence-electron chi connectivity index (χ1n) is 5.54. The summed E-state index contributed by atoms with van der Waals surface area (Å²) in [6.07, 6.45) is -2.17. The van der Waals surface area contributed by atoms with Gasteiger partial charge in [-0.3, -0.25) is 19.7 Å². The van der Waals surface area contributed by atoms with Gasteiger partial charge in [0.2, 0.25) is 0 Å². The Balaban J connectivity index is -0.0000000579. The average Bonchev–Trinajstić information content (AvgIpc) is 2.23. The second-order valence-electron chi connectivity index (χ2n) is 4.10. The Morgan fingerprint density at radius 3 is 1.58 bits per heavy atom. The van der Waals surface area contributed by atoms with Gasteiger partial charge in [-0.2, -0.15) is 0 Å². The van der Waals surface area contributed by atoms with Crippen molar-refractivity contribution in [3.63, 3.8) is 0 Å². The van der Waals surface area contributed by atoms with Crippen LogP contribution in [0.5, 0.6) is 0 Å². The average molecular weight is 386 g/mol. The molecule has 0 aliphatic carbocycles. The first-order chi connectivity index (χ1) is 8.71. The number of aliphatic carboxylic acids is 3. The number of rotatable bonds is 10. The molecule has 0 aromatic heterocycles. The summed E-state index contributed by atoms with van der Waals surface area (Å²) in [4.78, 5) is 32.1. The number of aliphatic hydroxyl groups is 1. The molecule has 0 aromatic rings. The zero-order chi connectivity index (χ0) is 15.1. The van der Waals surface area contributed by atoms with Gasteiger partial charge in [-0.05, 0) is 0 Å². The fourth-order valence-electron chi connectivity index (χ4n) is 1.70. The number of carboxylic acid groups (broad SMARTS) is 3. The quantitative estimate of drug-likeness (QED) is 0.154. The van der Waals surface area contributed by atoms with Crippen LogP contribution in [0.25, 0.3) is 0 Å². The van der Waals surface area contributed by atoms with Gasteiger partial charge in [-0.1, -0.05) is 0 Å². The van der Waals surface area contributed by atoms with Gasteiger partial charge in [-0.15, -0.1) is 0 Å². The van der Waals surface area contributed by atoms with Crippen molar-refractivity contribution in [3.8, 4) is 0 Å². The number of hydrogen-bond acceptors (Lipinski definition) is 6. The van der Waals surface area contributed by atoms with E-state index in [1.54, 1.807) is 0 Å². The summed E-state index contributed by atoms with van der Waals surface area (Å²) in [5, 5.41) is 38.8. The van der Waals surface area contributed by atoms with Crippen LogP contribution >= 0.6 is 0 Å². The summed E-state index contributed by atoms with van der Waals surface area (Å²) < 4.78 is 0. The van der Waals surface area contributed by atoms with Crippen LogP contribution in [-0.2, 0) is 14.4 Å². The normalized spacial score (nSPS) is 11.1. The van der Waals surface area contributed by atoms with Crippen LogP contribution in [0.15, 0.2) is 0 Å². The summed E-state index contributed by atoms with van der Waals surface area (Å²) in [6.45, 7) is 0.105. The van der Waals surface area contributed by atoms with E-state index in [2.05, 4.69) is 5.32 Å². The van der Waals surface area contributed by atoms with Crippen LogP contribution < -0.4 is 99.7 Å². The summed E-state index contributed by atoms with van der Waals surface area (Å²) in [5.41, 5.74) is 3.08. The fraction of sp³-hybridized carbons (Fsp3) is 0.700. The smallest absolute Gasteiger partial charge is 1.00 e. The van der Waals surface area contributed by atoms with E-state index in [0.29, 0.717) is 0 Å². The molecule has 0 saturated heterocycles. The molecule has 1 atom stereocenters. The van der Waals surface area contributed by atoms with Crippen LogP contribution in [0.2, 0.25) is 0 Å². The number of nitrogens with one attached hydrogen (secondary N) is 1. The molecule has 0 aromatic carbocycles. The van der Waals surface area contributed by atoms with Gasteiger partial charge in [-0.25, -0.2) is 0 Å². The van der Waals surface area contributed by atoms with Gasteiger partial charge in [0.05, 0.1) is 19.3 Å². The minimum atomic E-state index is -2.14. The van der Waals surface area contributed by atoms with Crippen molar-refractivity contribution in [2.75, 3.05) is 13.1 Å². The predicted molar refractivity (Wildman–Crippen MR) is 72.8 cm³/mol. The van der Waals surface area contributed by atoms with Crippen molar-refractivity contribution in [1.82, 2.24) is 5.32 Å². The van der Waals surface area contributed by atoms with Crippen LogP contribution in [0, 0.1) is 5.92 Å². The molecule has 0 bridgehead atoms. The molecule has 0 amide bonds. The molecule has 0 heterocycles. The molecular formula is C10H25N2Na3O9. The third-order valence-corrected chi connectivity index (χ3v) is 2.51. The van der Waals surface area contributed by atoms with Gasteiger partial charge < -0.3 is 41.4 Å². The van der Waals surface area contributed by atoms with Gasteiger partial charge in [0, 0.05) is 19.0 Å². The first-order valence-corrected chi connectivity index (χ1v) is 5.54. The molecular weight excluding hydrogens is 361 g/mol. The van der Waals surface area contributed by atoms with Crippen molar-refractivity contribution in [2.45, 2.75) is 25.0 Å². The molecule has 0 rings (SSSR count). The largest absolute Gasteiger partial charge is 1.00 e. The van der Waals surface area contributed by atoms with E-state index in [1.807, 2.05) is 0 Å². The van der Waals surface area contributed by atoms with Crippen LogP contribution in [0.4, 0.5) is 0 Å². The molecule has 24 heavy (non-hydrogen) atoms. The molecule has 14 heteroatoms. The molecule has 11 nitrogen and oxygen atoms in total. The Bertz CT molecular complexity index is 360. The van der Waals surface area contributed by atoms with Crippen molar-refractivity contribution < 1.29 is 139 Å². The summed E-state index contributed by atoms with van der Waals surface area (Å²) in [6, 6.07) is 0. The Morgan fingerprint density at radius 2 is 1.33 bits per heavy atom. The van der Waals surface area contributed by atoms with Gasteiger partial charge in [0.1, 0.15) is 5.72 Å². The van der Waals surface area contributed by atoms with E-state index in [9.17, 15) is 19.5 Å². The van der Waals surface area contributed by atoms with E-state index in [4.69, 9.17) is 21.1 Å². The monoisotopic (exact) mass is 386 g/mol. The van der Waals surface area contributed by atoms with Crippen molar-refractivity contribution in [1.29, 1.82) is 0 Å². The maximum atomic E-state index is 10.7. The molecule has 132 valence electrons. The summed E-state index contributed by atoms with van der Waals surface area (Å²) >= 11 is 0. The predicted octanol–water partition coefficient (Wildman–Crippen LogP) is -12.0. The summed E-state index contributed by atoms with van der Waals surface area (Å²) in [7, 11) is 0. The Morgan fingerprint density at radius 1 is 0.958 bits per heavy atom. The zero-order valence-corrected chi connectivity index (χ0v) is 20.2. The van der Waals surface area contributed by atoms with Crippen molar-refractivity contribution in [2.24, 2.45) is 11.7 Å². The fourth-order valence-corrected chi connectivity index (χ4v) is 1.70. The third kappa shape index (κ3) is 18.0. The minimum Gasteiger partial charge on any atom is -1.00 e. The molecule has 0 aliphatic rings. The van der Waals surface area contributed by atoms with E-state index in [1.165, 1.54) is 0 Å². The Labute approximate surface area is 209 Å². The first kappa shape index (κ1) is 40.0. The van der Waals surface area contributed by atoms with Crippen molar-refractivity contribution in [3.05, 3.63) is 0 Å². The van der Waals surface area contributed by atoms with Gasteiger partial charge in [0.15, 0.2) is 0 Å². The molecule has 0 fully saturated rings. The number of carboxylic acids is 3. The van der Waals surface area contributed by atoms with E-state index in [-0.39, 0.29) is 117 Å². The molecule has 0 aliphatic heterocycles. The number of nitrogens with two attached hydrogens (primary N) is 1. The maximum Gasteiger partial charge on any atom is 1.00 e. The molecule has 11 N–H and O–H groups in total. The van der Waals surface area contributed by atoms with Gasteiger partial charge >= 0.3 is 107 Å². The van der Waals surface area contributed by atoms with Crippen LogP contribution in [-0.4, -0.2) is 68.1 Å². The molecule has 0 radical (unpaired) electrons.